The van der Waals surface area contributed by atoms with Crippen molar-refractivity contribution in [3.05, 3.63) is 47.4 Å². The largest absolute Gasteiger partial charge is 0.494 e. The van der Waals surface area contributed by atoms with Gasteiger partial charge in [0.1, 0.15) is 16.4 Å². The molecular weight excluding hydrogens is 404 g/mol. The Balaban J connectivity index is 1.53. The average molecular weight is 435 g/mol. The van der Waals surface area contributed by atoms with Crippen LogP contribution >= 0.6 is 0 Å². The number of unbranched alkanes of at least 4 members (excludes halogenated alkanes) is 1. The van der Waals surface area contributed by atoms with E-state index in [0.29, 0.717) is 32.7 Å². The van der Waals surface area contributed by atoms with E-state index in [2.05, 4.69) is 12.2 Å². The smallest absolute Gasteiger partial charge is 0.287 e. The first-order valence-corrected chi connectivity index (χ1v) is 12.0. The molecule has 2 heterocycles. The third-order valence-electron chi connectivity index (χ3n) is 5.17. The zero-order chi connectivity index (χ0) is 21.6. The fourth-order valence-electron chi connectivity index (χ4n) is 3.40. The number of carbonyl (C=O) groups is 1. The number of hydrogen-bond donors (Lipinski definition) is 1. The second-order valence-corrected chi connectivity index (χ2v) is 9.40. The summed E-state index contributed by atoms with van der Waals surface area (Å²) in [5, 5.41) is 2.79. The molecule has 0 aliphatic carbocycles. The maximum atomic E-state index is 12.7. The Morgan fingerprint density at radius 3 is 2.57 bits per heavy atom. The predicted molar refractivity (Wildman–Crippen MR) is 114 cm³/mol. The van der Waals surface area contributed by atoms with Crippen molar-refractivity contribution in [2.75, 3.05) is 26.2 Å². The molecule has 1 aliphatic heterocycles. The molecule has 164 valence electrons. The van der Waals surface area contributed by atoms with E-state index in [4.69, 9.17) is 9.15 Å². The van der Waals surface area contributed by atoms with E-state index < -0.39 is 15.9 Å². The predicted octanol–water partition coefficient (Wildman–Crippen LogP) is 3.52. The molecule has 1 N–H and O–H groups in total. The summed E-state index contributed by atoms with van der Waals surface area (Å²) in [4.78, 5) is 12.5. The van der Waals surface area contributed by atoms with Gasteiger partial charge in [0, 0.05) is 25.7 Å². The Morgan fingerprint density at radius 2 is 1.90 bits per heavy atom. The van der Waals surface area contributed by atoms with Crippen molar-refractivity contribution in [1.29, 1.82) is 0 Å². The second kappa shape index (κ2) is 10.1. The Kier molecular flexibility index (Phi) is 7.55. The lowest BCUT2D eigenvalue weighted by Gasteiger charge is -2.14. The van der Waals surface area contributed by atoms with E-state index in [0.717, 1.165) is 37.0 Å². The number of amides is 1. The molecule has 1 aromatic heterocycles. The van der Waals surface area contributed by atoms with E-state index in [1.807, 2.05) is 24.3 Å². The van der Waals surface area contributed by atoms with Crippen molar-refractivity contribution in [2.24, 2.45) is 0 Å². The summed E-state index contributed by atoms with van der Waals surface area (Å²) in [6, 6.07) is 9.15. The summed E-state index contributed by atoms with van der Waals surface area (Å²) in [6.45, 7) is 5.85. The highest BCUT2D eigenvalue weighted by Crippen LogP contribution is 2.26. The standard InChI is InChI=1S/C22H30N2O5S/c1-3-4-15-28-19-9-7-18(8-10-19)11-12-23-22(25)20-16-21(17(2)29-20)30(26,27)24-13-5-6-14-24/h7-10,16H,3-6,11-15H2,1-2H3,(H,23,25). The molecule has 0 bridgehead atoms. The highest BCUT2D eigenvalue weighted by atomic mass is 32.2. The van der Waals surface area contributed by atoms with Gasteiger partial charge in [-0.05, 0) is 50.3 Å². The summed E-state index contributed by atoms with van der Waals surface area (Å²) >= 11 is 0. The van der Waals surface area contributed by atoms with Gasteiger partial charge in [-0.25, -0.2) is 8.42 Å². The number of furan rings is 1. The molecule has 0 spiro atoms. The molecular formula is C22H30N2O5S. The van der Waals surface area contributed by atoms with Crippen molar-refractivity contribution in [2.45, 2.75) is 50.8 Å². The molecule has 3 rings (SSSR count). The maximum absolute atomic E-state index is 12.7. The second-order valence-electron chi connectivity index (χ2n) is 7.49. The van der Waals surface area contributed by atoms with Crippen LogP contribution in [0.15, 0.2) is 39.6 Å². The van der Waals surface area contributed by atoms with Gasteiger partial charge < -0.3 is 14.5 Å². The zero-order valence-corrected chi connectivity index (χ0v) is 18.5. The Labute approximate surface area is 178 Å². The number of aryl methyl sites for hydroxylation is 1. The first kappa shape index (κ1) is 22.4. The lowest BCUT2D eigenvalue weighted by molar-refractivity contribution is 0.0925. The highest BCUT2D eigenvalue weighted by Gasteiger charge is 2.31. The molecule has 7 nitrogen and oxygen atoms in total. The van der Waals surface area contributed by atoms with Crippen LogP contribution in [-0.4, -0.2) is 44.9 Å². The fourth-order valence-corrected chi connectivity index (χ4v) is 5.07. The zero-order valence-electron chi connectivity index (χ0n) is 17.6. The first-order valence-electron chi connectivity index (χ1n) is 10.5. The minimum Gasteiger partial charge on any atom is -0.494 e. The van der Waals surface area contributed by atoms with E-state index >= 15 is 0 Å². The summed E-state index contributed by atoms with van der Waals surface area (Å²) in [6.07, 6.45) is 4.49. The van der Waals surface area contributed by atoms with Crippen LogP contribution in [0.5, 0.6) is 5.75 Å². The number of nitrogens with zero attached hydrogens (tertiary/aromatic N) is 1. The van der Waals surface area contributed by atoms with Crippen LogP contribution in [0.25, 0.3) is 0 Å². The fraction of sp³-hybridized carbons (Fsp3) is 0.500. The Bertz CT molecular complexity index is 944. The molecule has 1 fully saturated rings. The molecule has 1 amide bonds. The van der Waals surface area contributed by atoms with Gasteiger partial charge >= 0.3 is 0 Å². The van der Waals surface area contributed by atoms with Crippen LogP contribution in [0, 0.1) is 6.92 Å². The van der Waals surface area contributed by atoms with Crippen molar-refractivity contribution in [3.63, 3.8) is 0 Å². The van der Waals surface area contributed by atoms with Crippen LogP contribution in [0.2, 0.25) is 0 Å². The van der Waals surface area contributed by atoms with Crippen molar-refractivity contribution in [3.8, 4) is 5.75 Å². The molecule has 8 heteroatoms. The number of sulfonamides is 1. The van der Waals surface area contributed by atoms with Gasteiger partial charge in [-0.1, -0.05) is 25.5 Å². The number of nitrogens with one attached hydrogen (secondary N) is 1. The summed E-state index contributed by atoms with van der Waals surface area (Å²) in [5.41, 5.74) is 1.08. The van der Waals surface area contributed by atoms with Gasteiger partial charge in [0.15, 0.2) is 5.76 Å². The van der Waals surface area contributed by atoms with Crippen LogP contribution < -0.4 is 10.1 Å². The summed E-state index contributed by atoms with van der Waals surface area (Å²) in [7, 11) is -3.61. The molecule has 1 aromatic carbocycles. The minimum absolute atomic E-state index is 0.0185. The summed E-state index contributed by atoms with van der Waals surface area (Å²) in [5.74, 6) is 0.685. The molecule has 2 aromatic rings. The molecule has 30 heavy (non-hydrogen) atoms. The Morgan fingerprint density at radius 1 is 1.20 bits per heavy atom. The SMILES string of the molecule is CCCCOc1ccc(CCNC(=O)c2cc(S(=O)(=O)N3CCCC3)c(C)o2)cc1. The van der Waals surface area contributed by atoms with Gasteiger partial charge in [-0.2, -0.15) is 4.31 Å². The Hall–Kier alpha value is -2.32. The first-order chi connectivity index (χ1) is 14.4. The van der Waals surface area contributed by atoms with Gasteiger partial charge in [-0.15, -0.1) is 0 Å². The summed E-state index contributed by atoms with van der Waals surface area (Å²) < 4.78 is 38.0. The van der Waals surface area contributed by atoms with E-state index in [9.17, 15) is 13.2 Å². The lowest BCUT2D eigenvalue weighted by Crippen LogP contribution is -2.28. The molecule has 1 saturated heterocycles. The van der Waals surface area contributed by atoms with Gasteiger partial charge in [0.2, 0.25) is 10.0 Å². The molecule has 0 radical (unpaired) electrons. The monoisotopic (exact) mass is 434 g/mol. The van der Waals surface area contributed by atoms with E-state index in [-0.39, 0.29) is 16.4 Å². The van der Waals surface area contributed by atoms with Crippen molar-refractivity contribution >= 4 is 15.9 Å². The highest BCUT2D eigenvalue weighted by molar-refractivity contribution is 7.89. The van der Waals surface area contributed by atoms with Crippen molar-refractivity contribution in [1.82, 2.24) is 9.62 Å². The molecule has 1 aliphatic rings. The van der Waals surface area contributed by atoms with Gasteiger partial charge in [0.05, 0.1) is 6.61 Å². The van der Waals surface area contributed by atoms with Crippen LogP contribution in [0.3, 0.4) is 0 Å². The average Bonchev–Trinajstić information content (AvgIpc) is 3.40. The normalized spacial score (nSPS) is 14.7. The quantitative estimate of drug-likeness (QED) is 0.578. The van der Waals surface area contributed by atoms with E-state index in [1.54, 1.807) is 6.92 Å². The van der Waals surface area contributed by atoms with Crippen LogP contribution in [0.4, 0.5) is 0 Å². The number of ether oxygens (including phenoxy) is 1. The third-order valence-corrected chi connectivity index (χ3v) is 7.17. The molecule has 0 unspecified atom stereocenters. The number of carbonyl (C=O) groups excluding carboxylic acids is 1. The third kappa shape index (κ3) is 5.43. The lowest BCUT2D eigenvalue weighted by atomic mass is 10.1. The maximum Gasteiger partial charge on any atom is 0.287 e. The van der Waals surface area contributed by atoms with Crippen LogP contribution in [-0.2, 0) is 16.4 Å². The van der Waals surface area contributed by atoms with Crippen molar-refractivity contribution < 1.29 is 22.4 Å². The number of rotatable bonds is 10. The number of hydrogen-bond acceptors (Lipinski definition) is 5. The molecule has 0 saturated carbocycles. The van der Waals surface area contributed by atoms with Gasteiger partial charge in [-0.3, -0.25) is 4.79 Å². The topological polar surface area (TPSA) is 88.8 Å². The van der Waals surface area contributed by atoms with E-state index in [1.165, 1.54) is 10.4 Å². The number of benzene rings is 1. The van der Waals surface area contributed by atoms with Gasteiger partial charge in [0.25, 0.3) is 5.91 Å². The van der Waals surface area contributed by atoms with Crippen LogP contribution in [0.1, 0.15) is 54.5 Å². The minimum atomic E-state index is -3.61. The molecule has 0 atom stereocenters.